The molecule has 1 saturated heterocycles. The first-order valence-corrected chi connectivity index (χ1v) is 10.1. The number of rotatable bonds is 3. The molecule has 0 saturated carbocycles. The number of phenols is 1. The van der Waals surface area contributed by atoms with E-state index in [0.717, 1.165) is 21.8 Å². The largest absolute Gasteiger partial charge is 0.507 e. The Morgan fingerprint density at radius 2 is 1.59 bits per heavy atom. The van der Waals surface area contributed by atoms with E-state index in [1.54, 1.807) is 0 Å². The van der Waals surface area contributed by atoms with Crippen molar-refractivity contribution >= 4 is 23.7 Å². The normalized spacial score (nSPS) is 20.0. The van der Waals surface area contributed by atoms with Crippen molar-refractivity contribution in [2.75, 3.05) is 0 Å². The van der Waals surface area contributed by atoms with Gasteiger partial charge in [-0.15, -0.1) is 0 Å². The minimum atomic E-state index is -0.495. The van der Waals surface area contributed by atoms with Crippen molar-refractivity contribution in [3.63, 3.8) is 0 Å². The second-order valence-corrected chi connectivity index (χ2v) is 10.5. The minimum absolute atomic E-state index is 0.101. The average molecular weight is 393 g/mol. The summed E-state index contributed by atoms with van der Waals surface area (Å²) in [6, 6.07) is 3.78. The maximum absolute atomic E-state index is 12.4. The van der Waals surface area contributed by atoms with Crippen LogP contribution in [0.25, 0.3) is 6.08 Å². The van der Waals surface area contributed by atoms with Gasteiger partial charge in [0, 0.05) is 17.2 Å². The number of carbonyl (C=O) groups excluding carboxylic acids is 1. The van der Waals surface area contributed by atoms with Crippen LogP contribution in [0.15, 0.2) is 17.0 Å². The highest BCUT2D eigenvalue weighted by molar-refractivity contribution is 8.05. The Bertz CT molecular complexity index is 723. The van der Waals surface area contributed by atoms with Gasteiger partial charge >= 0.3 is 0 Å². The Morgan fingerprint density at radius 1 is 1.11 bits per heavy atom. The number of hydroxylamine groups is 2. The first-order valence-electron chi connectivity index (χ1n) is 9.26. The van der Waals surface area contributed by atoms with Gasteiger partial charge in [0.05, 0.1) is 4.91 Å². The molecule has 5 nitrogen and oxygen atoms in total. The molecule has 0 spiro atoms. The number of hydrogen-bond acceptors (Lipinski definition) is 5. The fourth-order valence-electron chi connectivity index (χ4n) is 2.91. The molecule has 2 rings (SSSR count). The molecule has 1 unspecified atom stereocenters. The lowest BCUT2D eigenvalue weighted by molar-refractivity contribution is -0.140. The lowest BCUT2D eigenvalue weighted by Gasteiger charge is -2.28. The van der Waals surface area contributed by atoms with Crippen LogP contribution in [-0.2, 0) is 15.6 Å². The first kappa shape index (κ1) is 21.8. The van der Waals surface area contributed by atoms with Crippen LogP contribution in [0.5, 0.6) is 5.75 Å². The maximum atomic E-state index is 12.4. The fraction of sp³-hybridized carbons (Fsp3) is 0.571. The molecule has 0 bridgehead atoms. The quantitative estimate of drug-likeness (QED) is 0.519. The molecule has 150 valence electrons. The molecule has 1 heterocycles. The smallest absolute Gasteiger partial charge is 0.259 e. The number of amides is 1. The van der Waals surface area contributed by atoms with E-state index in [-0.39, 0.29) is 22.8 Å². The minimum Gasteiger partial charge on any atom is -0.507 e. The van der Waals surface area contributed by atoms with Gasteiger partial charge in [0.15, 0.2) is 5.50 Å². The first-order chi connectivity index (χ1) is 12.2. The third-order valence-electron chi connectivity index (χ3n) is 4.53. The van der Waals surface area contributed by atoms with E-state index in [9.17, 15) is 15.1 Å². The predicted molar refractivity (Wildman–Crippen MR) is 112 cm³/mol. The molecule has 27 heavy (non-hydrogen) atoms. The summed E-state index contributed by atoms with van der Waals surface area (Å²) in [5, 5.41) is 24.9. The van der Waals surface area contributed by atoms with E-state index >= 15 is 0 Å². The third-order valence-corrected chi connectivity index (χ3v) is 5.65. The maximum Gasteiger partial charge on any atom is 0.259 e. The SMILES string of the molecule is CC(C)N(O)C1NC(=O)/C(=C/c2cc(C(C)(C)C)c(O)c(C(C)(C)C)c2)S1. The van der Waals surface area contributed by atoms with Crippen molar-refractivity contribution in [2.45, 2.75) is 77.8 Å². The predicted octanol–water partition coefficient (Wildman–Crippen LogP) is 4.57. The van der Waals surface area contributed by atoms with Crippen LogP contribution in [0.4, 0.5) is 0 Å². The second kappa shape index (κ2) is 7.49. The van der Waals surface area contributed by atoms with Gasteiger partial charge in [0.25, 0.3) is 5.91 Å². The molecule has 0 radical (unpaired) electrons. The van der Waals surface area contributed by atoms with Gasteiger partial charge in [-0.2, -0.15) is 5.06 Å². The van der Waals surface area contributed by atoms with E-state index < -0.39 is 5.50 Å². The molecule has 0 aliphatic carbocycles. The highest BCUT2D eigenvalue weighted by atomic mass is 32.2. The Morgan fingerprint density at radius 3 is 2.00 bits per heavy atom. The molecule has 3 N–H and O–H groups in total. The van der Waals surface area contributed by atoms with Crippen LogP contribution in [0.3, 0.4) is 0 Å². The van der Waals surface area contributed by atoms with Gasteiger partial charge in [-0.05, 0) is 48.4 Å². The number of benzene rings is 1. The zero-order valence-electron chi connectivity index (χ0n) is 17.5. The number of phenolic OH excluding ortho intramolecular Hbond substituents is 1. The third kappa shape index (κ3) is 4.86. The number of nitrogens with zero attached hydrogens (tertiary/aromatic N) is 1. The highest BCUT2D eigenvalue weighted by Gasteiger charge is 2.33. The van der Waals surface area contributed by atoms with Gasteiger partial charge in [-0.3, -0.25) is 4.79 Å². The average Bonchev–Trinajstić information content (AvgIpc) is 2.86. The molecule has 1 aromatic carbocycles. The standard InChI is InChI=1S/C21H32N2O3S/c1-12(2)23(26)19-22-18(25)16(27-19)11-13-9-14(20(3,4)5)17(24)15(10-13)21(6,7)8/h9-12,19,24,26H,1-8H3,(H,22,25)/b16-11-. The van der Waals surface area contributed by atoms with Gasteiger partial charge in [0.2, 0.25) is 0 Å². The highest BCUT2D eigenvalue weighted by Crippen LogP contribution is 2.41. The van der Waals surface area contributed by atoms with Crippen LogP contribution in [-0.4, -0.2) is 32.8 Å². The van der Waals surface area contributed by atoms with Crippen molar-refractivity contribution in [2.24, 2.45) is 0 Å². The van der Waals surface area contributed by atoms with E-state index in [1.165, 1.54) is 11.8 Å². The summed E-state index contributed by atoms with van der Waals surface area (Å²) in [5.41, 5.74) is 1.62. The van der Waals surface area contributed by atoms with Gasteiger partial charge < -0.3 is 15.6 Å². The van der Waals surface area contributed by atoms with Crippen LogP contribution in [0.1, 0.15) is 72.1 Å². The number of aromatic hydroxyl groups is 1. The van der Waals surface area contributed by atoms with Gasteiger partial charge in [0.1, 0.15) is 5.75 Å². The molecule has 1 atom stereocenters. The second-order valence-electron chi connectivity index (χ2n) is 9.39. The van der Waals surface area contributed by atoms with Crippen LogP contribution in [0.2, 0.25) is 0 Å². The van der Waals surface area contributed by atoms with Gasteiger partial charge in [-0.25, -0.2) is 0 Å². The Labute approximate surface area is 166 Å². The monoisotopic (exact) mass is 392 g/mol. The zero-order valence-corrected chi connectivity index (χ0v) is 18.4. The Balaban J connectivity index is 2.50. The summed E-state index contributed by atoms with van der Waals surface area (Å²) >= 11 is 1.29. The molecular weight excluding hydrogens is 360 g/mol. The fourth-order valence-corrected chi connectivity index (χ4v) is 4.04. The molecule has 1 aliphatic rings. The number of hydrogen-bond donors (Lipinski definition) is 3. The molecule has 1 amide bonds. The van der Waals surface area contributed by atoms with Crippen molar-refractivity contribution in [3.8, 4) is 5.75 Å². The van der Waals surface area contributed by atoms with Crippen molar-refractivity contribution in [3.05, 3.63) is 33.7 Å². The van der Waals surface area contributed by atoms with E-state index in [4.69, 9.17) is 0 Å². The Hall–Kier alpha value is -1.50. The van der Waals surface area contributed by atoms with E-state index in [0.29, 0.717) is 10.7 Å². The summed E-state index contributed by atoms with van der Waals surface area (Å²) in [6.45, 7) is 16.1. The lowest BCUT2D eigenvalue weighted by Crippen LogP contribution is -2.43. The van der Waals surface area contributed by atoms with E-state index in [2.05, 4.69) is 46.9 Å². The van der Waals surface area contributed by atoms with Gasteiger partial charge in [-0.1, -0.05) is 53.3 Å². The molecule has 6 heteroatoms. The van der Waals surface area contributed by atoms with Crippen LogP contribution < -0.4 is 5.32 Å². The molecular formula is C21H32N2O3S. The summed E-state index contributed by atoms with van der Waals surface area (Å²) in [7, 11) is 0. The van der Waals surface area contributed by atoms with Crippen LogP contribution in [0, 0.1) is 0 Å². The Kier molecular flexibility index (Phi) is 6.05. The number of carbonyl (C=O) groups is 1. The molecule has 1 aromatic rings. The lowest BCUT2D eigenvalue weighted by atomic mass is 9.78. The zero-order chi connectivity index (χ0) is 20.7. The summed E-state index contributed by atoms with van der Waals surface area (Å²) in [4.78, 5) is 12.9. The summed E-state index contributed by atoms with van der Waals surface area (Å²) < 4.78 is 0. The number of thioether (sulfide) groups is 1. The molecule has 1 fully saturated rings. The van der Waals surface area contributed by atoms with Crippen molar-refractivity contribution < 1.29 is 15.1 Å². The number of nitrogens with one attached hydrogen (secondary N) is 1. The molecule has 1 aliphatic heterocycles. The summed E-state index contributed by atoms with van der Waals surface area (Å²) in [6.07, 6.45) is 1.83. The summed E-state index contributed by atoms with van der Waals surface area (Å²) in [5.74, 6) is 0.118. The molecule has 0 aromatic heterocycles. The van der Waals surface area contributed by atoms with Crippen molar-refractivity contribution in [1.29, 1.82) is 0 Å². The van der Waals surface area contributed by atoms with Crippen molar-refractivity contribution in [1.82, 2.24) is 10.4 Å². The van der Waals surface area contributed by atoms with E-state index in [1.807, 2.05) is 32.1 Å². The van der Waals surface area contributed by atoms with Crippen LogP contribution >= 0.6 is 11.8 Å². The topological polar surface area (TPSA) is 72.8 Å².